The number of amides is 1. The van der Waals surface area contributed by atoms with Crippen LogP contribution in [0.3, 0.4) is 0 Å². The van der Waals surface area contributed by atoms with Gasteiger partial charge in [0.2, 0.25) is 5.91 Å². The smallest absolute Gasteiger partial charge is 0.250 e. The fourth-order valence-corrected chi connectivity index (χ4v) is 3.07. The van der Waals surface area contributed by atoms with Crippen LogP contribution in [0.15, 0.2) is 33.7 Å². The highest BCUT2D eigenvalue weighted by molar-refractivity contribution is 8.01. The lowest BCUT2D eigenvalue weighted by Crippen LogP contribution is -2.19. The third kappa shape index (κ3) is 3.28. The Morgan fingerprint density at radius 2 is 2.41 bits per heavy atom. The van der Waals surface area contributed by atoms with Crippen molar-refractivity contribution in [1.29, 1.82) is 0 Å². The Morgan fingerprint density at radius 1 is 1.59 bits per heavy atom. The monoisotopic (exact) mass is 265 g/mol. The van der Waals surface area contributed by atoms with Gasteiger partial charge in [-0.2, -0.15) is 5.10 Å². The summed E-state index contributed by atoms with van der Waals surface area (Å²) in [5.74, 6) is 0.212. The molecule has 2 rings (SSSR count). The number of hydrogen-bond donors (Lipinski definition) is 1. The minimum Gasteiger partial charge on any atom is -0.272 e. The van der Waals surface area contributed by atoms with Gasteiger partial charge in [-0.3, -0.25) is 4.79 Å². The Balaban J connectivity index is 1.97. The summed E-state index contributed by atoms with van der Waals surface area (Å²) in [6.45, 7) is 1.75. The average Bonchev–Trinajstić information content (AvgIpc) is 2.76. The minimum atomic E-state index is -0.118. The van der Waals surface area contributed by atoms with Gasteiger partial charge >= 0.3 is 0 Å². The average molecular weight is 265 g/mol. The molecule has 0 unspecified atom stereocenters. The van der Waals surface area contributed by atoms with Crippen LogP contribution in [-0.4, -0.2) is 22.9 Å². The zero-order valence-electron chi connectivity index (χ0n) is 9.21. The summed E-state index contributed by atoms with van der Waals surface area (Å²) in [5, 5.41) is 3.67. The fraction of sp³-hybridized carbons (Fsp3) is 0.182. The zero-order chi connectivity index (χ0) is 12.1. The standard InChI is InChI=1S/C11H11N3OS2/c1-2-12-14-10(15)7-16-11-13-8-5-3-4-6-9(8)17-11/h2-6H,7H2,1H3,(H,14,15)/b12-2-. The van der Waals surface area contributed by atoms with Crippen LogP contribution in [-0.2, 0) is 4.79 Å². The normalized spacial score (nSPS) is 11.1. The Morgan fingerprint density at radius 3 is 3.18 bits per heavy atom. The topological polar surface area (TPSA) is 54.4 Å². The van der Waals surface area contributed by atoms with Gasteiger partial charge in [0.05, 0.1) is 16.0 Å². The fourth-order valence-electron chi connectivity index (χ4n) is 1.21. The molecule has 0 saturated heterocycles. The Hall–Kier alpha value is -1.40. The van der Waals surface area contributed by atoms with Crippen molar-refractivity contribution in [2.45, 2.75) is 11.3 Å². The quantitative estimate of drug-likeness (QED) is 0.525. The molecule has 0 saturated carbocycles. The van der Waals surface area contributed by atoms with E-state index >= 15 is 0 Å². The van der Waals surface area contributed by atoms with Crippen LogP contribution < -0.4 is 5.43 Å². The highest BCUT2D eigenvalue weighted by atomic mass is 32.2. The lowest BCUT2D eigenvalue weighted by molar-refractivity contribution is -0.118. The first-order valence-corrected chi connectivity index (χ1v) is 6.84. The number of fused-ring (bicyclic) bond motifs is 1. The lowest BCUT2D eigenvalue weighted by atomic mass is 10.3. The molecule has 17 heavy (non-hydrogen) atoms. The number of benzene rings is 1. The summed E-state index contributed by atoms with van der Waals surface area (Å²) in [7, 11) is 0. The van der Waals surface area contributed by atoms with E-state index in [-0.39, 0.29) is 5.91 Å². The van der Waals surface area contributed by atoms with Gasteiger partial charge in [0.1, 0.15) is 0 Å². The molecule has 0 aliphatic rings. The first-order valence-electron chi connectivity index (χ1n) is 5.04. The number of carbonyl (C=O) groups excluding carboxylic acids is 1. The van der Waals surface area contributed by atoms with Gasteiger partial charge in [-0.25, -0.2) is 10.4 Å². The summed E-state index contributed by atoms with van der Waals surface area (Å²) in [5.41, 5.74) is 3.40. The second-order valence-electron chi connectivity index (χ2n) is 3.16. The molecule has 1 aromatic heterocycles. The number of rotatable bonds is 4. The Bertz CT molecular complexity index is 517. The molecule has 1 aromatic carbocycles. The lowest BCUT2D eigenvalue weighted by Gasteiger charge is -1.96. The summed E-state index contributed by atoms with van der Waals surface area (Å²) in [6.07, 6.45) is 1.54. The van der Waals surface area contributed by atoms with Gasteiger partial charge in [0, 0.05) is 6.21 Å². The summed E-state index contributed by atoms with van der Waals surface area (Å²) in [6, 6.07) is 7.94. The number of para-hydroxylation sites is 1. The highest BCUT2D eigenvalue weighted by Crippen LogP contribution is 2.28. The molecule has 4 nitrogen and oxygen atoms in total. The Kier molecular flexibility index (Phi) is 4.11. The van der Waals surface area contributed by atoms with Crippen molar-refractivity contribution in [3.63, 3.8) is 0 Å². The first-order chi connectivity index (χ1) is 8.29. The molecule has 1 N–H and O–H groups in total. The molecule has 0 aliphatic heterocycles. The van der Waals surface area contributed by atoms with E-state index in [1.807, 2.05) is 24.3 Å². The maximum atomic E-state index is 11.3. The molecular weight excluding hydrogens is 254 g/mol. The highest BCUT2D eigenvalue weighted by Gasteiger charge is 2.06. The van der Waals surface area contributed by atoms with E-state index < -0.39 is 0 Å². The third-order valence-electron chi connectivity index (χ3n) is 1.92. The van der Waals surface area contributed by atoms with Crippen molar-refractivity contribution in [3.8, 4) is 0 Å². The van der Waals surface area contributed by atoms with Crippen LogP contribution in [0.1, 0.15) is 6.92 Å². The van der Waals surface area contributed by atoms with Crippen LogP contribution in [0.2, 0.25) is 0 Å². The van der Waals surface area contributed by atoms with Gasteiger partial charge < -0.3 is 0 Å². The number of hydrazone groups is 1. The van der Waals surface area contributed by atoms with E-state index in [9.17, 15) is 4.79 Å². The van der Waals surface area contributed by atoms with E-state index in [0.717, 1.165) is 14.6 Å². The van der Waals surface area contributed by atoms with Gasteiger partial charge in [-0.1, -0.05) is 23.9 Å². The number of hydrogen-bond acceptors (Lipinski definition) is 5. The maximum absolute atomic E-state index is 11.3. The molecule has 2 aromatic rings. The number of thiazole rings is 1. The van der Waals surface area contributed by atoms with E-state index in [1.165, 1.54) is 11.8 Å². The van der Waals surface area contributed by atoms with E-state index in [1.54, 1.807) is 24.5 Å². The number of nitrogens with zero attached hydrogens (tertiary/aromatic N) is 2. The summed E-state index contributed by atoms with van der Waals surface area (Å²) in [4.78, 5) is 15.7. The number of nitrogens with one attached hydrogen (secondary N) is 1. The van der Waals surface area contributed by atoms with Gasteiger partial charge in [0.25, 0.3) is 0 Å². The van der Waals surface area contributed by atoms with Crippen molar-refractivity contribution >= 4 is 45.4 Å². The molecule has 6 heteroatoms. The zero-order valence-corrected chi connectivity index (χ0v) is 10.8. The van der Waals surface area contributed by atoms with Crippen LogP contribution >= 0.6 is 23.1 Å². The SMILES string of the molecule is C/C=N\NC(=O)CSc1nc2ccccc2s1. The molecule has 0 fully saturated rings. The molecule has 1 amide bonds. The largest absolute Gasteiger partial charge is 0.272 e. The summed E-state index contributed by atoms with van der Waals surface area (Å²) < 4.78 is 2.05. The van der Waals surface area contributed by atoms with Crippen molar-refractivity contribution in [2.75, 3.05) is 5.75 Å². The van der Waals surface area contributed by atoms with E-state index in [2.05, 4.69) is 15.5 Å². The van der Waals surface area contributed by atoms with Gasteiger partial charge in [0.15, 0.2) is 4.34 Å². The first kappa shape index (κ1) is 12.1. The molecular formula is C11H11N3OS2. The molecule has 0 radical (unpaired) electrons. The van der Waals surface area contributed by atoms with Crippen LogP contribution in [0, 0.1) is 0 Å². The molecule has 0 aliphatic carbocycles. The van der Waals surface area contributed by atoms with Crippen molar-refractivity contribution in [3.05, 3.63) is 24.3 Å². The summed E-state index contributed by atoms with van der Waals surface area (Å²) >= 11 is 3.02. The van der Waals surface area contributed by atoms with Crippen molar-refractivity contribution in [1.82, 2.24) is 10.4 Å². The molecule has 88 valence electrons. The number of aromatic nitrogens is 1. The minimum absolute atomic E-state index is 0.118. The van der Waals surface area contributed by atoms with Crippen LogP contribution in [0.25, 0.3) is 10.2 Å². The van der Waals surface area contributed by atoms with Crippen LogP contribution in [0.4, 0.5) is 0 Å². The Labute approximate surface area is 107 Å². The predicted molar refractivity (Wildman–Crippen MR) is 72.7 cm³/mol. The van der Waals surface area contributed by atoms with E-state index in [0.29, 0.717) is 5.75 Å². The molecule has 0 spiro atoms. The predicted octanol–water partition coefficient (Wildman–Crippen LogP) is 2.51. The number of thioether (sulfide) groups is 1. The molecule has 1 heterocycles. The maximum Gasteiger partial charge on any atom is 0.250 e. The number of carbonyl (C=O) groups is 1. The van der Waals surface area contributed by atoms with Gasteiger partial charge in [-0.05, 0) is 19.1 Å². The van der Waals surface area contributed by atoms with Crippen LogP contribution in [0.5, 0.6) is 0 Å². The molecule has 0 atom stereocenters. The molecule has 0 bridgehead atoms. The van der Waals surface area contributed by atoms with Gasteiger partial charge in [-0.15, -0.1) is 11.3 Å². The second-order valence-corrected chi connectivity index (χ2v) is 5.41. The second kappa shape index (κ2) is 5.79. The van der Waals surface area contributed by atoms with E-state index in [4.69, 9.17) is 0 Å². The third-order valence-corrected chi connectivity index (χ3v) is 4.10. The van der Waals surface area contributed by atoms with Crippen molar-refractivity contribution in [2.24, 2.45) is 5.10 Å². The van der Waals surface area contributed by atoms with Crippen molar-refractivity contribution < 1.29 is 4.79 Å².